The molecular formula is C57H96O46. The second-order valence-corrected chi connectivity index (χ2v) is 26.0. The maximum Gasteiger partial charge on any atom is 0.187 e. The fourth-order valence-electron chi connectivity index (χ4n) is 12.7. The Kier molecular flexibility index (Phi) is 30.7. The van der Waals surface area contributed by atoms with Crippen molar-refractivity contribution in [1.82, 2.24) is 0 Å². The molecule has 28 N–H and O–H groups in total. The van der Waals surface area contributed by atoms with Crippen LogP contribution in [0, 0.1) is 0 Å². The Labute approximate surface area is 582 Å². The lowest BCUT2D eigenvalue weighted by atomic mass is 9.96. The summed E-state index contributed by atoms with van der Waals surface area (Å²) in [5, 5.41) is 301. The van der Waals surface area contributed by atoms with Crippen molar-refractivity contribution >= 4 is 0 Å². The van der Waals surface area contributed by atoms with Crippen molar-refractivity contribution in [2.24, 2.45) is 0 Å². The van der Waals surface area contributed by atoms with Crippen LogP contribution in [0.2, 0.25) is 0 Å². The molecule has 0 spiro atoms. The van der Waals surface area contributed by atoms with Crippen LogP contribution in [0.15, 0.2) is 12.7 Å². The van der Waals surface area contributed by atoms with Gasteiger partial charge in [-0.05, 0) is 0 Å². The number of hydrogen-bond acceptors (Lipinski definition) is 46. The van der Waals surface area contributed by atoms with Crippen molar-refractivity contribution in [2.75, 3.05) is 66.1 Å². The molecule has 45 atom stereocenters. The zero-order valence-corrected chi connectivity index (χ0v) is 54.2. The average molecular weight is 1520 g/mol. The summed E-state index contributed by atoms with van der Waals surface area (Å²) in [7, 11) is 0. The van der Waals surface area contributed by atoms with Gasteiger partial charge in [-0.1, -0.05) is 6.08 Å². The summed E-state index contributed by atoms with van der Waals surface area (Å²) in [6, 6.07) is 0. The van der Waals surface area contributed by atoms with E-state index in [1.165, 1.54) is 6.08 Å². The van der Waals surface area contributed by atoms with E-state index >= 15 is 0 Å². The summed E-state index contributed by atoms with van der Waals surface area (Å²) < 4.78 is 102. The largest absolute Gasteiger partial charge is 0.394 e. The van der Waals surface area contributed by atoms with Gasteiger partial charge in [0.1, 0.15) is 220 Å². The van der Waals surface area contributed by atoms with Crippen LogP contribution in [0.1, 0.15) is 0 Å². The first-order valence-corrected chi connectivity index (χ1v) is 32.8. The Morgan fingerprint density at radius 2 is 0.379 bits per heavy atom. The predicted octanol–water partition coefficient (Wildman–Crippen LogP) is -19.4. The van der Waals surface area contributed by atoms with Crippen molar-refractivity contribution in [3.05, 3.63) is 12.7 Å². The molecule has 9 rings (SSSR count). The molecule has 46 nitrogen and oxygen atoms in total. The Balaban J connectivity index is 0.884. The van der Waals surface area contributed by atoms with E-state index in [2.05, 4.69) is 6.58 Å². The molecule has 103 heavy (non-hydrogen) atoms. The smallest absolute Gasteiger partial charge is 0.187 e. The van der Waals surface area contributed by atoms with E-state index in [0.717, 1.165) is 0 Å². The van der Waals surface area contributed by atoms with Crippen LogP contribution in [0.3, 0.4) is 0 Å². The minimum atomic E-state index is -2.29. The standard InChI is InChI=1S/C57H96O46/c1-2-3-86-55-46(101-52-43(83)32(72)23(63)14(5-59)93-52)37(77)28(68)19(98-55)8-88-50-41(81)35(75)26(66)17(96-50)11-91-57-48(103-54-45(85)34(74)25(65)16(7-61)95-54)39(79)30(70)21(100-57)10-89-51-42(82)36(76)27(67)18(97-51)12-90-56-47(102-53-44(84)33(73)24(64)15(6-60)94-53)38(78)29(69)20(99-56)9-87-49-40(80)31(71)22(62)13(4-58)92-49/h2,13-85H,1,3-12H2/t13-,14-,15-,16-,17-,18-,19-,20-,21-,22-,23-,24-,25-,26-,27-,28-,29-,30-,31+,32+,33+,34+,35+,36+,37+,38+,39+,40+,41+,42+,43+,44+,45+,46+,47+,48+,49+,50+,51+,52-,53-,54-,55+,56+,57+/m1/s1. The number of rotatable bonds is 28. The normalized spacial score (nSPS) is 52.4. The number of ether oxygens (including phenoxy) is 18. The van der Waals surface area contributed by atoms with E-state index in [1.54, 1.807) is 0 Å². The molecule has 9 heterocycles. The van der Waals surface area contributed by atoms with Gasteiger partial charge in [-0.15, -0.1) is 6.58 Å². The Hall–Kier alpha value is -2.10. The first-order valence-electron chi connectivity index (χ1n) is 32.8. The van der Waals surface area contributed by atoms with Crippen LogP contribution in [0.5, 0.6) is 0 Å². The Morgan fingerprint density at radius 1 is 0.204 bits per heavy atom. The van der Waals surface area contributed by atoms with E-state index < -0.39 is 336 Å². The molecule has 0 aromatic carbocycles. The summed E-state index contributed by atoms with van der Waals surface area (Å²) in [5.41, 5.74) is 0. The van der Waals surface area contributed by atoms with Crippen LogP contribution < -0.4 is 0 Å². The van der Waals surface area contributed by atoms with Gasteiger partial charge in [-0.3, -0.25) is 0 Å². The minimum Gasteiger partial charge on any atom is -0.394 e. The molecule has 9 saturated heterocycles. The number of aliphatic hydroxyl groups is 28. The van der Waals surface area contributed by atoms with E-state index in [0.29, 0.717) is 0 Å². The van der Waals surface area contributed by atoms with Gasteiger partial charge in [0, 0.05) is 0 Å². The SMILES string of the molecule is C=CCO[C@H]1O[C@H](CO[C@H]2O[C@H](CO[C@H]3O[C@H](CO[C@H]4O[C@H](CO[C@H]5O[C@H](CO[C@H]6O[C@H](CO)[C@@H](O)[C@H](O)[C@@H]6O)[C@@H](O)[C@H](O)[C@@H]5O[C@H]5O[C@H](CO)[C@@H](O)[C@H](O)[C@@H]5O)[C@@H](O)[C@H](O)[C@@H]4O)[C@@H](O)[C@H](O)[C@@H]3O[C@H]3O[C@H](CO)[C@@H](O)[C@H](O)[C@@H]3O)[C@@H](O)[C@H](O)[C@@H]2O)[C@@H](O)[C@H](O)[C@@H]1O[C@H]1O[C@H](CO)[C@@H](O)[C@H](O)[C@@H]1O. The van der Waals surface area contributed by atoms with Crippen molar-refractivity contribution in [2.45, 2.75) is 276 Å². The van der Waals surface area contributed by atoms with Gasteiger partial charge in [0.05, 0.1) is 66.1 Å². The molecule has 0 radical (unpaired) electrons. The van der Waals surface area contributed by atoms with E-state index in [1.807, 2.05) is 0 Å². The van der Waals surface area contributed by atoms with Crippen LogP contribution >= 0.6 is 0 Å². The van der Waals surface area contributed by atoms with Crippen LogP contribution in [0.4, 0.5) is 0 Å². The molecule has 600 valence electrons. The second kappa shape index (κ2) is 37.3. The highest BCUT2D eigenvalue weighted by Gasteiger charge is 2.58. The Bertz CT molecular complexity index is 2540. The summed E-state index contributed by atoms with van der Waals surface area (Å²) >= 11 is 0. The van der Waals surface area contributed by atoms with Crippen molar-refractivity contribution < 1.29 is 228 Å². The quantitative estimate of drug-likeness (QED) is 0.0324. The third kappa shape index (κ3) is 18.6. The van der Waals surface area contributed by atoms with Crippen molar-refractivity contribution in [1.29, 1.82) is 0 Å². The van der Waals surface area contributed by atoms with E-state index in [9.17, 15) is 143 Å². The van der Waals surface area contributed by atoms with Gasteiger partial charge in [0.15, 0.2) is 56.6 Å². The molecule has 9 aliphatic rings. The van der Waals surface area contributed by atoms with Crippen LogP contribution in [0.25, 0.3) is 0 Å². The molecule has 0 aliphatic carbocycles. The fraction of sp³-hybridized carbons (Fsp3) is 0.965. The van der Waals surface area contributed by atoms with Gasteiger partial charge in [0.25, 0.3) is 0 Å². The molecule has 0 saturated carbocycles. The zero-order chi connectivity index (χ0) is 75.5. The predicted molar refractivity (Wildman–Crippen MR) is 311 cm³/mol. The molecule has 46 heteroatoms. The minimum absolute atomic E-state index is 0.301. The molecular weight excluding hydrogens is 1420 g/mol. The van der Waals surface area contributed by atoms with Crippen LogP contribution in [-0.2, 0) is 85.3 Å². The monoisotopic (exact) mass is 1520 g/mol. The highest BCUT2D eigenvalue weighted by molar-refractivity contribution is 5.00. The highest BCUT2D eigenvalue weighted by Crippen LogP contribution is 2.37. The topological polar surface area (TPSA) is 733 Å². The molecule has 9 aliphatic heterocycles. The van der Waals surface area contributed by atoms with Gasteiger partial charge < -0.3 is 228 Å². The lowest BCUT2D eigenvalue weighted by molar-refractivity contribution is -0.382. The molecule has 0 amide bonds. The lowest BCUT2D eigenvalue weighted by Crippen LogP contribution is -2.66. The Morgan fingerprint density at radius 3 is 0.612 bits per heavy atom. The average Bonchev–Trinajstić information content (AvgIpc) is 0.784. The molecule has 0 aromatic rings. The maximum atomic E-state index is 11.8. The van der Waals surface area contributed by atoms with Gasteiger partial charge in [-0.25, -0.2) is 0 Å². The van der Waals surface area contributed by atoms with Crippen molar-refractivity contribution in [3.63, 3.8) is 0 Å². The van der Waals surface area contributed by atoms with Crippen molar-refractivity contribution in [3.8, 4) is 0 Å². The first-order chi connectivity index (χ1) is 48.8. The number of aliphatic hydroxyl groups excluding tert-OH is 28. The third-order valence-electron chi connectivity index (χ3n) is 19.0. The van der Waals surface area contributed by atoms with E-state index in [-0.39, 0.29) is 6.61 Å². The number of hydrogen-bond donors (Lipinski definition) is 28. The highest BCUT2D eigenvalue weighted by atomic mass is 16.8. The summed E-state index contributed by atoms with van der Waals surface area (Å²) in [4.78, 5) is 0. The second-order valence-electron chi connectivity index (χ2n) is 26.0. The summed E-state index contributed by atoms with van der Waals surface area (Å²) in [6.45, 7) is -5.21. The van der Waals surface area contributed by atoms with E-state index in [4.69, 9.17) is 85.3 Å². The summed E-state index contributed by atoms with van der Waals surface area (Å²) in [5.74, 6) is 0. The molecule has 0 unspecified atom stereocenters. The lowest BCUT2D eigenvalue weighted by Gasteiger charge is -2.47. The zero-order valence-electron chi connectivity index (χ0n) is 54.2. The summed E-state index contributed by atoms with van der Waals surface area (Å²) in [6.07, 6.45) is -87.3. The fourth-order valence-corrected chi connectivity index (χ4v) is 12.7. The molecule has 0 bridgehead atoms. The molecule has 0 aromatic heterocycles. The van der Waals surface area contributed by atoms with Gasteiger partial charge in [0.2, 0.25) is 0 Å². The van der Waals surface area contributed by atoms with Crippen LogP contribution in [-0.4, -0.2) is 485 Å². The first kappa shape index (κ1) is 84.9. The van der Waals surface area contributed by atoms with Gasteiger partial charge >= 0.3 is 0 Å². The van der Waals surface area contributed by atoms with Gasteiger partial charge in [-0.2, -0.15) is 0 Å². The maximum absolute atomic E-state index is 11.8. The molecule has 9 fully saturated rings. The third-order valence-corrected chi connectivity index (χ3v) is 19.0.